The number of benzene rings is 1. The summed E-state index contributed by atoms with van der Waals surface area (Å²) in [6, 6.07) is 1.06. The van der Waals surface area contributed by atoms with Gasteiger partial charge in [0.25, 0.3) is 6.43 Å². The average molecular weight is 271 g/mol. The fourth-order valence-corrected chi connectivity index (χ4v) is 1.31. The largest absolute Gasteiger partial charge is 0.573 e. The quantitative estimate of drug-likeness (QED) is 0.856. The van der Waals surface area contributed by atoms with Crippen molar-refractivity contribution in [2.75, 3.05) is 7.11 Å². The van der Waals surface area contributed by atoms with Crippen LogP contribution in [0.1, 0.15) is 11.6 Å². The molecular weight excluding hydrogens is 261 g/mol. The third-order valence-corrected chi connectivity index (χ3v) is 2.07. The lowest BCUT2D eigenvalue weighted by atomic mass is 10.1. The highest BCUT2D eigenvalue weighted by atomic mass is 19.4. The maximum Gasteiger partial charge on any atom is 0.573 e. The zero-order valence-electron chi connectivity index (χ0n) is 9.17. The second-order valence-electron chi connectivity index (χ2n) is 3.31. The molecule has 1 rings (SSSR count). The zero-order valence-corrected chi connectivity index (χ0v) is 9.17. The first kappa shape index (κ1) is 14.5. The minimum atomic E-state index is -4.90. The fourth-order valence-electron chi connectivity index (χ4n) is 1.31. The maximum absolute atomic E-state index is 12.5. The van der Waals surface area contributed by atoms with Gasteiger partial charge >= 0.3 is 6.36 Å². The molecule has 2 N–H and O–H groups in total. The molecule has 0 unspecified atom stereocenters. The Kier molecular flexibility index (Phi) is 4.33. The smallest absolute Gasteiger partial charge is 0.496 e. The van der Waals surface area contributed by atoms with E-state index in [0.717, 1.165) is 18.2 Å². The summed E-state index contributed by atoms with van der Waals surface area (Å²) in [5.41, 5.74) is 4.92. The second kappa shape index (κ2) is 5.38. The summed E-state index contributed by atoms with van der Waals surface area (Å²) in [7, 11) is 1.20. The number of nitrogens with two attached hydrogens (primary N) is 1. The van der Waals surface area contributed by atoms with Crippen LogP contribution >= 0.6 is 0 Å². The van der Waals surface area contributed by atoms with Crippen molar-refractivity contribution in [3.05, 3.63) is 23.8 Å². The van der Waals surface area contributed by atoms with E-state index in [0.29, 0.717) is 0 Å². The van der Waals surface area contributed by atoms with Gasteiger partial charge in [-0.1, -0.05) is 0 Å². The lowest BCUT2D eigenvalue weighted by Crippen LogP contribution is -2.21. The Balaban J connectivity index is 3.09. The predicted molar refractivity (Wildman–Crippen MR) is 52.6 cm³/mol. The predicted octanol–water partition coefficient (Wildman–Crippen LogP) is 2.86. The van der Waals surface area contributed by atoms with Gasteiger partial charge in [-0.05, 0) is 18.2 Å². The van der Waals surface area contributed by atoms with E-state index in [9.17, 15) is 22.0 Å². The lowest BCUT2D eigenvalue weighted by Gasteiger charge is -2.17. The first-order chi connectivity index (χ1) is 8.24. The first-order valence-electron chi connectivity index (χ1n) is 4.72. The number of hydrogen-bond donors (Lipinski definition) is 1. The van der Waals surface area contributed by atoms with Crippen molar-refractivity contribution >= 4 is 0 Å². The van der Waals surface area contributed by atoms with Crippen LogP contribution in [0.25, 0.3) is 0 Å². The van der Waals surface area contributed by atoms with E-state index in [-0.39, 0.29) is 11.3 Å². The van der Waals surface area contributed by atoms with Crippen molar-refractivity contribution in [3.8, 4) is 11.5 Å². The topological polar surface area (TPSA) is 44.5 Å². The van der Waals surface area contributed by atoms with Crippen LogP contribution in [0.2, 0.25) is 0 Å². The first-order valence-corrected chi connectivity index (χ1v) is 4.72. The maximum atomic E-state index is 12.5. The van der Waals surface area contributed by atoms with Gasteiger partial charge in [0, 0.05) is 5.56 Å². The molecule has 0 aliphatic heterocycles. The second-order valence-corrected chi connectivity index (χ2v) is 3.31. The van der Waals surface area contributed by atoms with Crippen LogP contribution < -0.4 is 15.2 Å². The number of hydrogen-bond acceptors (Lipinski definition) is 3. The van der Waals surface area contributed by atoms with Crippen molar-refractivity contribution < 1.29 is 31.4 Å². The number of ether oxygens (including phenoxy) is 2. The molecule has 8 heteroatoms. The Bertz CT molecular complexity index is 408. The van der Waals surface area contributed by atoms with Crippen LogP contribution in [0.15, 0.2) is 18.2 Å². The highest BCUT2D eigenvalue weighted by Gasteiger charge is 2.32. The van der Waals surface area contributed by atoms with Gasteiger partial charge in [0.15, 0.2) is 0 Å². The van der Waals surface area contributed by atoms with Crippen LogP contribution in [0.5, 0.6) is 11.5 Å². The third-order valence-electron chi connectivity index (χ3n) is 2.07. The van der Waals surface area contributed by atoms with Gasteiger partial charge in [-0.25, -0.2) is 8.78 Å². The Morgan fingerprint density at radius 3 is 2.28 bits per heavy atom. The Morgan fingerprint density at radius 2 is 1.83 bits per heavy atom. The van der Waals surface area contributed by atoms with Crippen LogP contribution in [-0.4, -0.2) is 19.9 Å². The standard InChI is InChI=1S/C10H10F5NO2/c1-17-7-3-2-5(18-10(13,14)15)4-6(7)8(16)9(11)12/h2-4,8-9H,16H2,1H3/t8-/m0/s1. The van der Waals surface area contributed by atoms with Crippen LogP contribution in [-0.2, 0) is 0 Å². The summed E-state index contributed by atoms with van der Waals surface area (Å²) in [4.78, 5) is 0. The average Bonchev–Trinajstić information content (AvgIpc) is 2.25. The molecule has 102 valence electrons. The molecule has 1 atom stereocenters. The third kappa shape index (κ3) is 3.73. The molecule has 0 bridgehead atoms. The Hall–Kier alpha value is -1.57. The SMILES string of the molecule is COc1ccc(OC(F)(F)F)cc1[C@H](N)C(F)F. The van der Waals surface area contributed by atoms with E-state index in [1.165, 1.54) is 7.11 Å². The zero-order chi connectivity index (χ0) is 13.9. The normalized spacial score (nSPS) is 13.6. The summed E-state index contributed by atoms with van der Waals surface area (Å²) in [5.74, 6) is -0.660. The van der Waals surface area contributed by atoms with Crippen molar-refractivity contribution in [3.63, 3.8) is 0 Å². The lowest BCUT2D eigenvalue weighted by molar-refractivity contribution is -0.274. The van der Waals surface area contributed by atoms with Crippen molar-refractivity contribution in [1.29, 1.82) is 0 Å². The molecule has 0 aliphatic carbocycles. The Labute approximate surface area is 99.3 Å². The molecule has 0 saturated heterocycles. The minimum Gasteiger partial charge on any atom is -0.496 e. The molecule has 1 aromatic carbocycles. The van der Waals surface area contributed by atoms with Gasteiger partial charge in [0.2, 0.25) is 0 Å². The number of methoxy groups -OCH3 is 1. The molecule has 0 aliphatic rings. The van der Waals surface area contributed by atoms with E-state index in [1.807, 2.05) is 0 Å². The van der Waals surface area contributed by atoms with Gasteiger partial charge in [-0.3, -0.25) is 0 Å². The van der Waals surface area contributed by atoms with Gasteiger partial charge in [0.1, 0.15) is 11.5 Å². The summed E-state index contributed by atoms with van der Waals surface area (Å²) in [6.45, 7) is 0. The van der Waals surface area contributed by atoms with Crippen LogP contribution in [0.4, 0.5) is 22.0 Å². The molecule has 0 amide bonds. The van der Waals surface area contributed by atoms with E-state index in [1.54, 1.807) is 0 Å². The molecular formula is C10H10F5NO2. The highest BCUT2D eigenvalue weighted by Crippen LogP contribution is 2.33. The van der Waals surface area contributed by atoms with Gasteiger partial charge < -0.3 is 15.2 Å². The van der Waals surface area contributed by atoms with E-state index >= 15 is 0 Å². The van der Waals surface area contributed by atoms with E-state index in [4.69, 9.17) is 10.5 Å². The summed E-state index contributed by atoms with van der Waals surface area (Å²) in [6.07, 6.45) is -7.83. The number of rotatable bonds is 4. The molecule has 3 nitrogen and oxygen atoms in total. The van der Waals surface area contributed by atoms with Crippen LogP contribution in [0.3, 0.4) is 0 Å². The summed E-state index contributed by atoms with van der Waals surface area (Å²) in [5, 5.41) is 0. The number of halogens is 5. The Morgan fingerprint density at radius 1 is 1.22 bits per heavy atom. The van der Waals surface area contributed by atoms with Gasteiger partial charge in [-0.2, -0.15) is 0 Å². The molecule has 18 heavy (non-hydrogen) atoms. The highest BCUT2D eigenvalue weighted by molar-refractivity contribution is 5.42. The summed E-state index contributed by atoms with van der Waals surface area (Å²) < 4.78 is 69.2. The minimum absolute atomic E-state index is 0.0303. The monoisotopic (exact) mass is 271 g/mol. The van der Waals surface area contributed by atoms with Gasteiger partial charge in [-0.15, -0.1) is 13.2 Å². The molecule has 1 aromatic rings. The van der Waals surface area contributed by atoms with Gasteiger partial charge in [0.05, 0.1) is 13.2 Å². The molecule has 0 heterocycles. The molecule has 0 spiro atoms. The number of alkyl halides is 5. The van der Waals surface area contributed by atoms with E-state index < -0.39 is 24.6 Å². The van der Waals surface area contributed by atoms with E-state index in [2.05, 4.69) is 4.74 Å². The van der Waals surface area contributed by atoms with Crippen LogP contribution in [0, 0.1) is 0 Å². The van der Waals surface area contributed by atoms with Crippen molar-refractivity contribution in [2.45, 2.75) is 18.8 Å². The fraction of sp³-hybridized carbons (Fsp3) is 0.400. The summed E-state index contributed by atoms with van der Waals surface area (Å²) >= 11 is 0. The molecule has 0 aromatic heterocycles. The van der Waals surface area contributed by atoms with Crippen molar-refractivity contribution in [1.82, 2.24) is 0 Å². The molecule has 0 radical (unpaired) electrons. The molecule has 0 saturated carbocycles. The molecule has 0 fully saturated rings. The van der Waals surface area contributed by atoms with Crippen molar-refractivity contribution in [2.24, 2.45) is 5.73 Å².